The zero-order valence-electron chi connectivity index (χ0n) is 16.9. The normalized spacial score (nSPS) is 23.1. The minimum atomic E-state index is -2.62. The van der Waals surface area contributed by atoms with E-state index in [0.717, 1.165) is 10.2 Å². The van der Waals surface area contributed by atoms with Gasteiger partial charge in [-0.05, 0) is 43.5 Å². The summed E-state index contributed by atoms with van der Waals surface area (Å²) in [7, 11) is 0. The van der Waals surface area contributed by atoms with Crippen molar-refractivity contribution in [3.8, 4) is 5.88 Å². The molecule has 2 aliphatic carbocycles. The van der Waals surface area contributed by atoms with Crippen LogP contribution in [0.4, 0.5) is 14.7 Å². The van der Waals surface area contributed by atoms with Crippen molar-refractivity contribution in [2.24, 2.45) is 5.41 Å². The van der Waals surface area contributed by atoms with Crippen LogP contribution < -0.4 is 15.6 Å². The van der Waals surface area contributed by atoms with Gasteiger partial charge in [-0.2, -0.15) is 0 Å². The summed E-state index contributed by atoms with van der Waals surface area (Å²) in [5.74, 6) is -2.92. The van der Waals surface area contributed by atoms with E-state index in [9.17, 15) is 18.4 Å². The van der Waals surface area contributed by atoms with Gasteiger partial charge in [0.05, 0.1) is 10.8 Å². The zero-order chi connectivity index (χ0) is 22.7. The second-order valence-electron chi connectivity index (χ2n) is 8.40. The highest BCUT2D eigenvalue weighted by Gasteiger charge is 2.76. The van der Waals surface area contributed by atoms with Gasteiger partial charge in [0, 0.05) is 28.7 Å². The summed E-state index contributed by atoms with van der Waals surface area (Å²) in [5, 5.41) is 7.51. The summed E-state index contributed by atoms with van der Waals surface area (Å²) in [4.78, 5) is 33.4. The Labute approximate surface area is 189 Å². The van der Waals surface area contributed by atoms with Crippen LogP contribution in [-0.2, 0) is 11.3 Å². The second kappa shape index (κ2) is 7.29. The van der Waals surface area contributed by atoms with Gasteiger partial charge in [0.25, 0.3) is 11.5 Å². The van der Waals surface area contributed by atoms with E-state index >= 15 is 0 Å². The number of aryl methyl sites for hydroxylation is 1. The highest BCUT2D eigenvalue weighted by atomic mass is 79.9. The first-order valence-electron chi connectivity index (χ1n) is 9.99. The molecule has 32 heavy (non-hydrogen) atoms. The number of nitrogens with one attached hydrogen (secondary N) is 1. The molecule has 0 saturated heterocycles. The molecule has 0 aliphatic heterocycles. The summed E-state index contributed by atoms with van der Waals surface area (Å²) in [5.41, 5.74) is -0.583. The van der Waals surface area contributed by atoms with E-state index in [2.05, 4.69) is 36.3 Å². The van der Waals surface area contributed by atoms with Crippen LogP contribution in [-0.4, -0.2) is 37.7 Å². The smallest absolute Gasteiger partial charge is 0.275 e. The maximum atomic E-state index is 13.5. The van der Waals surface area contributed by atoms with Crippen LogP contribution >= 0.6 is 15.9 Å². The fourth-order valence-corrected chi connectivity index (χ4v) is 4.42. The van der Waals surface area contributed by atoms with E-state index < -0.39 is 28.9 Å². The van der Waals surface area contributed by atoms with Crippen molar-refractivity contribution in [1.29, 1.82) is 0 Å². The van der Waals surface area contributed by atoms with Crippen molar-refractivity contribution in [1.82, 2.24) is 19.7 Å². The van der Waals surface area contributed by atoms with E-state index in [1.54, 1.807) is 30.6 Å². The molecule has 0 radical (unpaired) electrons. The minimum Gasteiger partial charge on any atom is -0.473 e. The van der Waals surface area contributed by atoms with Crippen LogP contribution in [0, 0.1) is 12.3 Å². The van der Waals surface area contributed by atoms with Crippen molar-refractivity contribution >= 4 is 38.6 Å². The number of aromatic nitrogens is 4. The second-order valence-corrected chi connectivity index (χ2v) is 9.32. The van der Waals surface area contributed by atoms with Crippen LogP contribution in [0.1, 0.15) is 24.8 Å². The molecule has 11 heteroatoms. The molecule has 1 amide bonds. The third-order valence-corrected chi connectivity index (χ3v) is 6.43. The van der Waals surface area contributed by atoms with Crippen LogP contribution in [0.15, 0.2) is 39.9 Å². The highest BCUT2D eigenvalue weighted by molar-refractivity contribution is 9.10. The van der Waals surface area contributed by atoms with E-state index in [1.807, 2.05) is 6.92 Å². The molecule has 166 valence electrons. The number of carbonyl (C=O) groups is 1. The Balaban J connectivity index is 1.41. The van der Waals surface area contributed by atoms with Gasteiger partial charge in [-0.15, -0.1) is 5.10 Å². The number of ether oxygens (including phenoxy) is 1. The molecule has 0 unspecified atom stereocenters. The van der Waals surface area contributed by atoms with Crippen molar-refractivity contribution in [3.63, 3.8) is 0 Å². The maximum absolute atomic E-state index is 13.5. The lowest BCUT2D eigenvalue weighted by Crippen LogP contribution is -2.39. The number of carbonyl (C=O) groups excluding carboxylic acids is 1. The lowest BCUT2D eigenvalue weighted by Gasteiger charge is -2.35. The molecule has 2 aliphatic rings. The first-order valence-corrected chi connectivity index (χ1v) is 10.8. The first-order chi connectivity index (χ1) is 15.2. The van der Waals surface area contributed by atoms with Gasteiger partial charge >= 0.3 is 0 Å². The van der Waals surface area contributed by atoms with Gasteiger partial charge in [-0.3, -0.25) is 14.9 Å². The van der Waals surface area contributed by atoms with E-state index in [4.69, 9.17) is 4.74 Å². The molecule has 1 aromatic carbocycles. The molecule has 0 atom stereocenters. The third kappa shape index (κ3) is 3.64. The predicted octanol–water partition coefficient (Wildman–Crippen LogP) is 3.46. The van der Waals surface area contributed by atoms with Gasteiger partial charge in [-0.25, -0.2) is 23.4 Å². The maximum Gasteiger partial charge on any atom is 0.275 e. The highest BCUT2D eigenvalue weighted by Crippen LogP contribution is 2.71. The Bertz CT molecular complexity index is 1290. The number of nitrogens with zero attached hydrogens (tertiary/aromatic N) is 4. The topological polar surface area (TPSA) is 99.0 Å². The number of rotatable bonds is 5. The number of anilines is 1. The average molecular weight is 506 g/mol. The lowest BCUT2D eigenvalue weighted by molar-refractivity contribution is -0.117. The Hall–Kier alpha value is -2.95. The number of halogens is 3. The van der Waals surface area contributed by atoms with Crippen LogP contribution in [0.3, 0.4) is 0 Å². The standard InChI is InChI=1S/C21H18BrF2N5O3/c1-11-7-25-19(26-8-11)27-16(30)9-29-18(31)14-3-2-12(22)4-15(14)17(28-29)32-13-5-20(6-13)10-21(20,23)24/h2-4,7-8,13H,5-6,9-10H2,1H3,(H,25,26,27,30)/t13-,20-. The Morgan fingerprint density at radius 3 is 2.62 bits per heavy atom. The van der Waals surface area contributed by atoms with Crippen molar-refractivity contribution < 1.29 is 18.3 Å². The van der Waals surface area contributed by atoms with Gasteiger partial charge in [0.1, 0.15) is 12.6 Å². The number of alkyl halides is 2. The van der Waals surface area contributed by atoms with Crippen LogP contribution in [0.2, 0.25) is 0 Å². The number of hydrogen-bond acceptors (Lipinski definition) is 6. The molecular weight excluding hydrogens is 488 g/mol. The largest absolute Gasteiger partial charge is 0.473 e. The van der Waals surface area contributed by atoms with E-state index in [-0.39, 0.29) is 37.6 Å². The molecule has 2 heterocycles. The number of fused-ring (bicyclic) bond motifs is 1. The predicted molar refractivity (Wildman–Crippen MR) is 115 cm³/mol. The number of hydrogen-bond donors (Lipinski definition) is 1. The Morgan fingerprint density at radius 2 is 1.97 bits per heavy atom. The Kier molecular flexibility index (Phi) is 4.77. The SMILES string of the molecule is Cc1cnc(NC(=O)Cn2nc(O[C@H]3C[C@@]4(CC4(F)F)C3)c3cc(Br)ccc3c2=O)nc1. The zero-order valence-corrected chi connectivity index (χ0v) is 18.5. The summed E-state index contributed by atoms with van der Waals surface area (Å²) in [6, 6.07) is 4.98. The first kappa shape index (κ1) is 20.9. The molecule has 8 nitrogen and oxygen atoms in total. The van der Waals surface area contributed by atoms with Crippen LogP contribution in [0.5, 0.6) is 5.88 Å². The number of amides is 1. The molecule has 2 fully saturated rings. The minimum absolute atomic E-state index is 0.111. The summed E-state index contributed by atoms with van der Waals surface area (Å²) < 4.78 is 34.7. The molecule has 5 rings (SSSR count). The summed E-state index contributed by atoms with van der Waals surface area (Å²) >= 11 is 3.36. The van der Waals surface area contributed by atoms with Gasteiger partial charge < -0.3 is 4.74 Å². The Morgan fingerprint density at radius 1 is 1.28 bits per heavy atom. The summed E-state index contributed by atoms with van der Waals surface area (Å²) in [6.45, 7) is 1.43. The van der Waals surface area contributed by atoms with Gasteiger partial charge in [0.2, 0.25) is 17.7 Å². The van der Waals surface area contributed by atoms with E-state index in [1.165, 1.54) is 0 Å². The lowest BCUT2D eigenvalue weighted by atomic mass is 9.78. The molecule has 3 aromatic rings. The fourth-order valence-electron chi connectivity index (χ4n) is 4.06. The van der Waals surface area contributed by atoms with Crippen molar-refractivity contribution in [2.45, 2.75) is 44.8 Å². The molecule has 1 spiro atoms. The third-order valence-electron chi connectivity index (χ3n) is 5.94. The van der Waals surface area contributed by atoms with Crippen LogP contribution in [0.25, 0.3) is 10.8 Å². The molecule has 0 bridgehead atoms. The van der Waals surface area contributed by atoms with Gasteiger partial charge in [0.15, 0.2) is 0 Å². The molecule has 2 saturated carbocycles. The molecule has 1 N–H and O–H groups in total. The summed E-state index contributed by atoms with van der Waals surface area (Å²) in [6.07, 6.45) is 3.06. The monoisotopic (exact) mass is 505 g/mol. The average Bonchev–Trinajstić information content (AvgIpc) is 3.29. The molecular formula is C21H18BrF2N5O3. The quantitative estimate of drug-likeness (QED) is 0.569. The van der Waals surface area contributed by atoms with Crippen molar-refractivity contribution in [2.75, 3.05) is 5.32 Å². The fraction of sp³-hybridized carbons (Fsp3) is 0.381. The molecule has 2 aromatic heterocycles. The van der Waals surface area contributed by atoms with Gasteiger partial charge in [-0.1, -0.05) is 15.9 Å². The van der Waals surface area contributed by atoms with Crippen molar-refractivity contribution in [3.05, 3.63) is 51.0 Å². The number of benzene rings is 1. The van der Waals surface area contributed by atoms with E-state index in [0.29, 0.717) is 15.2 Å².